The SMILES string of the molecule is NC1CCCCC1Oc1ccc(Br)cc1[N+](=O)[O-]. The van der Waals surface area contributed by atoms with E-state index in [1.165, 1.54) is 6.07 Å². The maximum Gasteiger partial charge on any atom is 0.312 e. The van der Waals surface area contributed by atoms with Crippen LogP contribution in [0.25, 0.3) is 0 Å². The molecule has 0 aliphatic heterocycles. The Morgan fingerprint density at radius 3 is 2.78 bits per heavy atom. The molecule has 1 aromatic carbocycles. The van der Waals surface area contributed by atoms with Gasteiger partial charge in [0.1, 0.15) is 6.10 Å². The zero-order valence-electron chi connectivity index (χ0n) is 9.84. The number of benzene rings is 1. The zero-order valence-corrected chi connectivity index (χ0v) is 11.4. The second kappa shape index (κ2) is 5.67. The molecule has 0 heterocycles. The third-order valence-electron chi connectivity index (χ3n) is 3.15. The molecule has 0 amide bonds. The third kappa shape index (κ3) is 3.00. The monoisotopic (exact) mass is 314 g/mol. The van der Waals surface area contributed by atoms with Gasteiger partial charge in [-0.2, -0.15) is 0 Å². The maximum atomic E-state index is 11.0. The van der Waals surface area contributed by atoms with Crippen LogP contribution in [0.2, 0.25) is 0 Å². The van der Waals surface area contributed by atoms with Crippen molar-refractivity contribution in [2.24, 2.45) is 5.73 Å². The second-order valence-electron chi connectivity index (χ2n) is 4.47. The van der Waals surface area contributed by atoms with Crippen LogP contribution in [0.5, 0.6) is 5.75 Å². The average molecular weight is 315 g/mol. The van der Waals surface area contributed by atoms with Gasteiger partial charge in [0, 0.05) is 16.6 Å². The van der Waals surface area contributed by atoms with Crippen LogP contribution in [0.3, 0.4) is 0 Å². The lowest BCUT2D eigenvalue weighted by atomic mass is 9.93. The molecule has 6 heteroatoms. The van der Waals surface area contributed by atoms with Gasteiger partial charge in [-0.25, -0.2) is 0 Å². The number of ether oxygens (including phenoxy) is 1. The lowest BCUT2D eigenvalue weighted by molar-refractivity contribution is -0.386. The van der Waals surface area contributed by atoms with E-state index in [1.54, 1.807) is 12.1 Å². The van der Waals surface area contributed by atoms with Gasteiger partial charge < -0.3 is 10.5 Å². The summed E-state index contributed by atoms with van der Waals surface area (Å²) in [5.41, 5.74) is 5.95. The highest BCUT2D eigenvalue weighted by Crippen LogP contribution is 2.32. The van der Waals surface area contributed by atoms with Gasteiger partial charge in [-0.05, 0) is 31.4 Å². The number of rotatable bonds is 3. The molecule has 2 rings (SSSR count). The molecule has 1 aliphatic carbocycles. The number of nitrogens with zero attached hydrogens (tertiary/aromatic N) is 1. The lowest BCUT2D eigenvalue weighted by Gasteiger charge is -2.28. The van der Waals surface area contributed by atoms with Crippen molar-refractivity contribution in [3.8, 4) is 5.75 Å². The Hall–Kier alpha value is -1.14. The van der Waals surface area contributed by atoms with Crippen molar-refractivity contribution in [1.82, 2.24) is 0 Å². The molecular weight excluding hydrogens is 300 g/mol. The predicted octanol–water partition coefficient (Wildman–Crippen LogP) is 3.01. The minimum atomic E-state index is -0.436. The number of hydrogen-bond donors (Lipinski definition) is 1. The Morgan fingerprint density at radius 1 is 1.39 bits per heavy atom. The van der Waals surface area contributed by atoms with Crippen molar-refractivity contribution in [3.63, 3.8) is 0 Å². The molecule has 0 aromatic heterocycles. The second-order valence-corrected chi connectivity index (χ2v) is 5.39. The quantitative estimate of drug-likeness (QED) is 0.687. The fraction of sp³-hybridized carbons (Fsp3) is 0.500. The average Bonchev–Trinajstić information content (AvgIpc) is 2.34. The van der Waals surface area contributed by atoms with Crippen LogP contribution in [0.1, 0.15) is 25.7 Å². The molecular formula is C12H15BrN2O3. The normalized spacial score (nSPS) is 23.7. The molecule has 1 aromatic rings. The maximum absolute atomic E-state index is 11.0. The minimum absolute atomic E-state index is 0.0258. The van der Waals surface area contributed by atoms with Crippen molar-refractivity contribution in [2.45, 2.75) is 37.8 Å². The molecule has 2 unspecified atom stereocenters. The summed E-state index contributed by atoms with van der Waals surface area (Å²) in [6.07, 6.45) is 3.80. The van der Waals surface area contributed by atoms with Gasteiger partial charge in [0.15, 0.2) is 5.75 Å². The molecule has 1 fully saturated rings. The van der Waals surface area contributed by atoms with E-state index < -0.39 is 4.92 Å². The molecule has 1 aliphatic rings. The lowest BCUT2D eigenvalue weighted by Crippen LogP contribution is -2.41. The van der Waals surface area contributed by atoms with Gasteiger partial charge in [-0.15, -0.1) is 0 Å². The Balaban J connectivity index is 2.20. The van der Waals surface area contributed by atoms with Crippen LogP contribution in [0, 0.1) is 10.1 Å². The summed E-state index contributed by atoms with van der Waals surface area (Å²) in [4.78, 5) is 10.5. The van der Waals surface area contributed by atoms with Crippen molar-refractivity contribution in [2.75, 3.05) is 0 Å². The summed E-state index contributed by atoms with van der Waals surface area (Å²) in [7, 11) is 0. The largest absolute Gasteiger partial charge is 0.482 e. The number of nitro benzene ring substituents is 1. The van der Waals surface area contributed by atoms with Gasteiger partial charge in [0.05, 0.1) is 4.92 Å². The summed E-state index contributed by atoms with van der Waals surface area (Å²) in [5.74, 6) is 0.297. The van der Waals surface area contributed by atoms with Gasteiger partial charge in [0.2, 0.25) is 0 Å². The molecule has 2 atom stereocenters. The standard InChI is InChI=1S/C12H15BrN2O3/c13-8-5-6-12(10(7-8)15(16)17)18-11-4-2-1-3-9(11)14/h5-7,9,11H,1-4,14H2. The Morgan fingerprint density at radius 2 is 2.11 bits per heavy atom. The fourth-order valence-corrected chi connectivity index (χ4v) is 2.52. The summed E-state index contributed by atoms with van der Waals surface area (Å²) >= 11 is 3.22. The Kier molecular flexibility index (Phi) is 4.19. The highest BCUT2D eigenvalue weighted by atomic mass is 79.9. The van der Waals surface area contributed by atoms with E-state index in [-0.39, 0.29) is 17.8 Å². The van der Waals surface area contributed by atoms with Crippen molar-refractivity contribution in [1.29, 1.82) is 0 Å². The smallest absolute Gasteiger partial charge is 0.312 e. The first-order chi connectivity index (χ1) is 8.58. The van der Waals surface area contributed by atoms with Crippen LogP contribution in [0.4, 0.5) is 5.69 Å². The van der Waals surface area contributed by atoms with E-state index in [2.05, 4.69) is 15.9 Å². The number of nitrogens with two attached hydrogens (primary N) is 1. The molecule has 18 heavy (non-hydrogen) atoms. The molecule has 0 saturated heterocycles. The Bertz CT molecular complexity index is 453. The van der Waals surface area contributed by atoms with Crippen LogP contribution in [-0.2, 0) is 0 Å². The van der Waals surface area contributed by atoms with Gasteiger partial charge in [-0.3, -0.25) is 10.1 Å². The molecule has 0 spiro atoms. The molecule has 0 radical (unpaired) electrons. The number of hydrogen-bond acceptors (Lipinski definition) is 4. The van der Waals surface area contributed by atoms with Crippen LogP contribution >= 0.6 is 15.9 Å². The zero-order chi connectivity index (χ0) is 13.1. The Labute approximate surface area is 114 Å². The molecule has 98 valence electrons. The number of nitro groups is 1. The summed E-state index contributed by atoms with van der Waals surface area (Å²) in [5, 5.41) is 11.0. The molecule has 1 saturated carbocycles. The summed E-state index contributed by atoms with van der Waals surface area (Å²) in [6, 6.07) is 4.76. The van der Waals surface area contributed by atoms with Crippen molar-refractivity contribution in [3.05, 3.63) is 32.8 Å². The van der Waals surface area contributed by atoms with Crippen LogP contribution in [-0.4, -0.2) is 17.1 Å². The first-order valence-electron chi connectivity index (χ1n) is 5.94. The highest BCUT2D eigenvalue weighted by Gasteiger charge is 2.26. The first-order valence-corrected chi connectivity index (χ1v) is 6.73. The number of halogens is 1. The molecule has 5 nitrogen and oxygen atoms in total. The fourth-order valence-electron chi connectivity index (χ4n) is 2.17. The molecule has 2 N–H and O–H groups in total. The summed E-state index contributed by atoms with van der Waals surface area (Å²) in [6.45, 7) is 0. The van der Waals surface area contributed by atoms with Crippen LogP contribution < -0.4 is 10.5 Å². The van der Waals surface area contributed by atoms with E-state index in [0.717, 1.165) is 25.7 Å². The summed E-state index contributed by atoms with van der Waals surface area (Å²) < 4.78 is 6.39. The van der Waals surface area contributed by atoms with Crippen molar-refractivity contribution < 1.29 is 9.66 Å². The van der Waals surface area contributed by atoms with Gasteiger partial charge in [-0.1, -0.05) is 22.4 Å². The van der Waals surface area contributed by atoms with Crippen molar-refractivity contribution >= 4 is 21.6 Å². The predicted molar refractivity (Wildman–Crippen MR) is 71.7 cm³/mol. The first kappa shape index (κ1) is 13.3. The van der Waals surface area contributed by atoms with E-state index >= 15 is 0 Å². The van der Waals surface area contributed by atoms with E-state index in [4.69, 9.17) is 10.5 Å². The van der Waals surface area contributed by atoms with E-state index in [0.29, 0.717) is 10.2 Å². The third-order valence-corrected chi connectivity index (χ3v) is 3.64. The van der Waals surface area contributed by atoms with Crippen LogP contribution in [0.15, 0.2) is 22.7 Å². The van der Waals surface area contributed by atoms with E-state index in [9.17, 15) is 10.1 Å². The van der Waals surface area contributed by atoms with Gasteiger partial charge >= 0.3 is 5.69 Å². The van der Waals surface area contributed by atoms with E-state index in [1.807, 2.05) is 0 Å². The topological polar surface area (TPSA) is 78.4 Å². The molecule has 0 bridgehead atoms. The van der Waals surface area contributed by atoms with Gasteiger partial charge in [0.25, 0.3) is 0 Å². The highest BCUT2D eigenvalue weighted by molar-refractivity contribution is 9.10. The minimum Gasteiger partial charge on any atom is -0.482 e.